The van der Waals surface area contributed by atoms with Gasteiger partial charge in [0, 0.05) is 0 Å². The average Bonchev–Trinajstić information content (AvgIpc) is 2.70. The van der Waals surface area contributed by atoms with Crippen LogP contribution in [0.4, 0.5) is 0 Å². The minimum absolute atomic E-state index is 0.588. The maximum absolute atomic E-state index is 2.46. The van der Waals surface area contributed by atoms with Gasteiger partial charge in [-0.05, 0) is 30.6 Å². The Morgan fingerprint density at radius 2 is 2.00 bits per heavy atom. The molecule has 76 valence electrons. The van der Waals surface area contributed by atoms with Gasteiger partial charge in [-0.1, -0.05) is 52.2 Å². The number of hydrogen-bond acceptors (Lipinski definition) is 0. The molecule has 0 aromatic carbocycles. The molecule has 0 radical (unpaired) electrons. The largest absolute Gasteiger partial charge is 0.0847 e. The van der Waals surface area contributed by atoms with Crippen LogP contribution < -0.4 is 0 Å². The van der Waals surface area contributed by atoms with E-state index in [4.69, 9.17) is 0 Å². The van der Waals surface area contributed by atoms with Crippen molar-refractivity contribution in [2.45, 2.75) is 59.8 Å². The van der Waals surface area contributed by atoms with Crippen LogP contribution in [0.25, 0.3) is 0 Å². The topological polar surface area (TPSA) is 0 Å². The predicted octanol–water partition coefficient (Wildman–Crippen LogP) is 4.56. The maximum atomic E-state index is 2.46. The predicted molar refractivity (Wildman–Crippen MR) is 59.8 cm³/mol. The van der Waals surface area contributed by atoms with Crippen molar-refractivity contribution in [3.05, 3.63) is 11.6 Å². The molecule has 1 saturated carbocycles. The standard InChI is InChI=1S/C13H24/c1-5-8-10-12-11(9-6-2)13(12,4)7-3/h9,12H,5-8,10H2,1-4H3. The highest BCUT2D eigenvalue weighted by molar-refractivity contribution is 5.36. The first-order chi connectivity index (χ1) is 6.20. The molecule has 1 fully saturated rings. The van der Waals surface area contributed by atoms with Crippen LogP contribution in [0, 0.1) is 11.3 Å². The normalized spacial score (nSPS) is 35.4. The van der Waals surface area contributed by atoms with E-state index >= 15 is 0 Å². The summed E-state index contributed by atoms with van der Waals surface area (Å²) >= 11 is 0. The second-order valence-electron chi connectivity index (χ2n) is 4.53. The van der Waals surface area contributed by atoms with Crippen LogP contribution in [-0.2, 0) is 0 Å². The van der Waals surface area contributed by atoms with Crippen molar-refractivity contribution in [3.8, 4) is 0 Å². The van der Waals surface area contributed by atoms with Gasteiger partial charge >= 0.3 is 0 Å². The molecule has 0 aromatic heterocycles. The lowest BCUT2D eigenvalue weighted by atomic mass is 10.00. The van der Waals surface area contributed by atoms with Crippen molar-refractivity contribution in [2.75, 3.05) is 0 Å². The third kappa shape index (κ3) is 1.98. The Morgan fingerprint density at radius 1 is 1.31 bits per heavy atom. The summed E-state index contributed by atoms with van der Waals surface area (Å²) < 4.78 is 0. The van der Waals surface area contributed by atoms with E-state index in [-0.39, 0.29) is 0 Å². The minimum atomic E-state index is 0.588. The van der Waals surface area contributed by atoms with Gasteiger partial charge in [-0.25, -0.2) is 0 Å². The molecular formula is C13H24. The molecule has 0 heteroatoms. The SMILES string of the molecule is CCC=C1C(CCCC)C1(C)CC. The fourth-order valence-corrected chi connectivity index (χ4v) is 2.53. The molecule has 2 atom stereocenters. The summed E-state index contributed by atoms with van der Waals surface area (Å²) in [4.78, 5) is 0. The molecule has 0 aromatic rings. The van der Waals surface area contributed by atoms with Crippen LogP contribution in [0.15, 0.2) is 11.6 Å². The summed E-state index contributed by atoms with van der Waals surface area (Å²) in [5, 5.41) is 0. The Bertz CT molecular complexity index is 190. The first kappa shape index (κ1) is 10.8. The van der Waals surface area contributed by atoms with Gasteiger partial charge in [-0.3, -0.25) is 0 Å². The molecule has 1 rings (SSSR count). The molecule has 0 bridgehead atoms. The highest BCUT2D eigenvalue weighted by Gasteiger charge is 2.52. The molecule has 1 aliphatic rings. The smallest absolute Gasteiger partial charge is 0.00503 e. The van der Waals surface area contributed by atoms with Crippen LogP contribution in [0.2, 0.25) is 0 Å². The van der Waals surface area contributed by atoms with Gasteiger partial charge in [0.05, 0.1) is 0 Å². The Hall–Kier alpha value is -0.260. The van der Waals surface area contributed by atoms with E-state index < -0.39 is 0 Å². The molecule has 0 spiro atoms. The summed E-state index contributed by atoms with van der Waals surface area (Å²) in [6.45, 7) is 9.30. The zero-order valence-corrected chi connectivity index (χ0v) is 9.69. The lowest BCUT2D eigenvalue weighted by Gasteiger charge is -2.04. The van der Waals surface area contributed by atoms with E-state index in [1.54, 1.807) is 5.57 Å². The van der Waals surface area contributed by atoms with E-state index in [0.29, 0.717) is 5.41 Å². The van der Waals surface area contributed by atoms with Crippen LogP contribution in [0.3, 0.4) is 0 Å². The van der Waals surface area contributed by atoms with E-state index in [0.717, 1.165) is 5.92 Å². The van der Waals surface area contributed by atoms with Crippen molar-refractivity contribution in [3.63, 3.8) is 0 Å². The molecule has 0 nitrogen and oxygen atoms in total. The monoisotopic (exact) mass is 180 g/mol. The quantitative estimate of drug-likeness (QED) is 0.544. The Balaban J connectivity index is 2.52. The zero-order chi connectivity index (χ0) is 9.90. The lowest BCUT2D eigenvalue weighted by Crippen LogP contribution is -1.94. The van der Waals surface area contributed by atoms with Crippen LogP contribution in [-0.4, -0.2) is 0 Å². The van der Waals surface area contributed by atoms with Crippen molar-refractivity contribution < 1.29 is 0 Å². The number of rotatable bonds is 5. The van der Waals surface area contributed by atoms with E-state index in [1.165, 1.54) is 32.1 Å². The number of hydrogen-bond donors (Lipinski definition) is 0. The van der Waals surface area contributed by atoms with Crippen molar-refractivity contribution >= 4 is 0 Å². The van der Waals surface area contributed by atoms with Crippen LogP contribution >= 0.6 is 0 Å². The zero-order valence-electron chi connectivity index (χ0n) is 9.69. The second-order valence-corrected chi connectivity index (χ2v) is 4.53. The van der Waals surface area contributed by atoms with Gasteiger partial charge in [0.1, 0.15) is 0 Å². The summed E-state index contributed by atoms with van der Waals surface area (Å²) in [6, 6.07) is 0. The van der Waals surface area contributed by atoms with Gasteiger partial charge in [0.25, 0.3) is 0 Å². The van der Waals surface area contributed by atoms with Gasteiger partial charge < -0.3 is 0 Å². The third-order valence-electron chi connectivity index (χ3n) is 3.73. The molecule has 1 aliphatic carbocycles. The highest BCUT2D eigenvalue weighted by Crippen LogP contribution is 2.62. The second kappa shape index (κ2) is 4.30. The molecule has 0 heterocycles. The Morgan fingerprint density at radius 3 is 2.46 bits per heavy atom. The Labute approximate surface area is 83.4 Å². The molecule has 0 aliphatic heterocycles. The maximum Gasteiger partial charge on any atom is -0.00503 e. The molecule has 2 unspecified atom stereocenters. The Kier molecular flexibility index (Phi) is 3.58. The molecule has 0 amide bonds. The van der Waals surface area contributed by atoms with Gasteiger partial charge in [-0.15, -0.1) is 0 Å². The van der Waals surface area contributed by atoms with Gasteiger partial charge in [-0.2, -0.15) is 0 Å². The van der Waals surface area contributed by atoms with E-state index in [2.05, 4.69) is 33.8 Å². The fraction of sp³-hybridized carbons (Fsp3) is 0.846. The van der Waals surface area contributed by atoms with E-state index in [9.17, 15) is 0 Å². The molecule has 13 heavy (non-hydrogen) atoms. The summed E-state index contributed by atoms with van der Waals surface area (Å²) in [7, 11) is 0. The van der Waals surface area contributed by atoms with Crippen molar-refractivity contribution in [1.29, 1.82) is 0 Å². The highest BCUT2D eigenvalue weighted by atomic mass is 14.6. The summed E-state index contributed by atoms with van der Waals surface area (Å²) in [5.41, 5.74) is 2.34. The number of allylic oxidation sites excluding steroid dienone is 2. The van der Waals surface area contributed by atoms with E-state index in [1.807, 2.05) is 0 Å². The van der Waals surface area contributed by atoms with Crippen molar-refractivity contribution in [2.24, 2.45) is 11.3 Å². The first-order valence-electron chi connectivity index (χ1n) is 5.91. The molecule has 0 N–H and O–H groups in total. The third-order valence-corrected chi connectivity index (χ3v) is 3.73. The summed E-state index contributed by atoms with van der Waals surface area (Å²) in [6.07, 6.45) is 9.17. The van der Waals surface area contributed by atoms with Crippen molar-refractivity contribution in [1.82, 2.24) is 0 Å². The van der Waals surface area contributed by atoms with Gasteiger partial charge in [0.15, 0.2) is 0 Å². The first-order valence-corrected chi connectivity index (χ1v) is 5.91. The van der Waals surface area contributed by atoms with Crippen LogP contribution in [0.1, 0.15) is 59.8 Å². The lowest BCUT2D eigenvalue weighted by molar-refractivity contribution is 0.463. The summed E-state index contributed by atoms with van der Waals surface area (Å²) in [5.74, 6) is 0.928. The van der Waals surface area contributed by atoms with Gasteiger partial charge in [0.2, 0.25) is 0 Å². The molecular weight excluding hydrogens is 156 g/mol. The average molecular weight is 180 g/mol. The minimum Gasteiger partial charge on any atom is -0.0847 e. The molecule has 0 saturated heterocycles. The fourth-order valence-electron chi connectivity index (χ4n) is 2.53. The number of unbranched alkanes of at least 4 members (excludes halogenated alkanes) is 1. The van der Waals surface area contributed by atoms with Crippen LogP contribution in [0.5, 0.6) is 0 Å².